The van der Waals surface area contributed by atoms with Crippen LogP contribution in [0.15, 0.2) is 30.5 Å². The molecule has 1 aliphatic carbocycles. The van der Waals surface area contributed by atoms with Gasteiger partial charge in [0.1, 0.15) is 5.82 Å². The predicted octanol–water partition coefficient (Wildman–Crippen LogP) is 1.47. The summed E-state index contributed by atoms with van der Waals surface area (Å²) in [6.07, 6.45) is 5.22. The number of nitrogens with two attached hydrogens (primary N) is 1. The fourth-order valence-electron chi connectivity index (χ4n) is 2.82. The lowest BCUT2D eigenvalue weighted by molar-refractivity contribution is 0.0920. The minimum atomic E-state index is -0.295. The zero-order valence-corrected chi connectivity index (χ0v) is 12.8. The number of hydrogen-bond acceptors (Lipinski definition) is 4. The second-order valence-electron chi connectivity index (χ2n) is 6.02. The largest absolute Gasteiger partial charge is 0.348 e. The maximum absolute atomic E-state index is 13.2. The second-order valence-corrected chi connectivity index (χ2v) is 6.02. The van der Waals surface area contributed by atoms with Gasteiger partial charge in [-0.25, -0.2) is 9.07 Å². The topological polar surface area (TPSA) is 85.8 Å². The van der Waals surface area contributed by atoms with Crippen molar-refractivity contribution in [1.82, 2.24) is 20.3 Å². The number of carbonyl (C=O) groups excluding carboxylic acids is 1. The van der Waals surface area contributed by atoms with E-state index in [1.165, 1.54) is 16.8 Å². The summed E-state index contributed by atoms with van der Waals surface area (Å²) in [5.41, 5.74) is 6.90. The van der Waals surface area contributed by atoms with Crippen molar-refractivity contribution in [3.8, 4) is 0 Å². The van der Waals surface area contributed by atoms with Crippen LogP contribution in [0.1, 0.15) is 41.7 Å². The van der Waals surface area contributed by atoms with Crippen molar-refractivity contribution in [2.45, 2.75) is 44.3 Å². The zero-order chi connectivity index (χ0) is 16.2. The van der Waals surface area contributed by atoms with Crippen LogP contribution in [-0.4, -0.2) is 33.0 Å². The van der Waals surface area contributed by atoms with E-state index >= 15 is 0 Å². The Morgan fingerprint density at radius 3 is 2.87 bits per heavy atom. The maximum atomic E-state index is 13.2. The van der Waals surface area contributed by atoms with Crippen LogP contribution in [0.2, 0.25) is 0 Å². The molecule has 1 amide bonds. The number of carbonyl (C=O) groups is 1. The van der Waals surface area contributed by atoms with Crippen molar-refractivity contribution in [3.63, 3.8) is 0 Å². The molecule has 0 saturated heterocycles. The summed E-state index contributed by atoms with van der Waals surface area (Å²) in [4.78, 5) is 12.2. The van der Waals surface area contributed by atoms with Crippen molar-refractivity contribution < 1.29 is 9.18 Å². The molecule has 7 heteroatoms. The molecule has 0 atom stereocenters. The van der Waals surface area contributed by atoms with Gasteiger partial charge >= 0.3 is 0 Å². The van der Waals surface area contributed by atoms with Crippen LogP contribution in [0.3, 0.4) is 0 Å². The molecular weight excluding hydrogens is 297 g/mol. The zero-order valence-electron chi connectivity index (χ0n) is 12.8. The lowest BCUT2D eigenvalue weighted by Gasteiger charge is -2.26. The van der Waals surface area contributed by atoms with Crippen LogP contribution >= 0.6 is 0 Å². The Kier molecular flexibility index (Phi) is 4.66. The normalized spacial score (nSPS) is 21.1. The third kappa shape index (κ3) is 4.13. The number of hydrogen-bond donors (Lipinski definition) is 2. The van der Waals surface area contributed by atoms with Crippen LogP contribution in [0.5, 0.6) is 0 Å². The number of rotatable bonds is 4. The van der Waals surface area contributed by atoms with Gasteiger partial charge in [-0.3, -0.25) is 4.79 Å². The highest BCUT2D eigenvalue weighted by atomic mass is 19.1. The van der Waals surface area contributed by atoms with E-state index in [1.54, 1.807) is 18.3 Å². The third-order valence-corrected chi connectivity index (χ3v) is 4.11. The van der Waals surface area contributed by atoms with Crippen LogP contribution in [0.25, 0.3) is 0 Å². The van der Waals surface area contributed by atoms with Crippen molar-refractivity contribution in [2.24, 2.45) is 5.73 Å². The molecule has 1 aliphatic rings. The molecule has 1 heterocycles. The van der Waals surface area contributed by atoms with Gasteiger partial charge in [-0.1, -0.05) is 17.3 Å². The van der Waals surface area contributed by atoms with E-state index < -0.39 is 0 Å². The molecule has 2 aromatic rings. The van der Waals surface area contributed by atoms with Gasteiger partial charge in [0.05, 0.1) is 12.7 Å². The van der Waals surface area contributed by atoms with Crippen molar-refractivity contribution in [1.29, 1.82) is 0 Å². The third-order valence-electron chi connectivity index (χ3n) is 4.11. The van der Waals surface area contributed by atoms with E-state index in [1.807, 2.05) is 0 Å². The molecule has 3 N–H and O–H groups in total. The molecule has 122 valence electrons. The lowest BCUT2D eigenvalue weighted by atomic mass is 9.92. The summed E-state index contributed by atoms with van der Waals surface area (Å²) in [7, 11) is 0. The van der Waals surface area contributed by atoms with Gasteiger partial charge < -0.3 is 11.1 Å². The highest BCUT2D eigenvalue weighted by Gasteiger charge is 2.21. The van der Waals surface area contributed by atoms with E-state index in [0.29, 0.717) is 6.54 Å². The van der Waals surface area contributed by atoms with E-state index in [0.717, 1.165) is 31.2 Å². The quantitative estimate of drug-likeness (QED) is 0.894. The Morgan fingerprint density at radius 1 is 1.35 bits per heavy atom. The van der Waals surface area contributed by atoms with Gasteiger partial charge in [-0.15, -0.1) is 5.10 Å². The summed E-state index contributed by atoms with van der Waals surface area (Å²) in [5, 5.41) is 10.8. The molecule has 0 radical (unpaired) electrons. The average Bonchev–Trinajstić information content (AvgIpc) is 2.98. The lowest BCUT2D eigenvalue weighted by Crippen LogP contribution is -2.40. The van der Waals surface area contributed by atoms with E-state index in [4.69, 9.17) is 5.73 Å². The van der Waals surface area contributed by atoms with Gasteiger partial charge in [-0.05, 0) is 43.4 Å². The maximum Gasteiger partial charge on any atom is 0.273 e. The number of benzene rings is 1. The van der Waals surface area contributed by atoms with Gasteiger partial charge in [0.15, 0.2) is 5.69 Å². The summed E-state index contributed by atoms with van der Waals surface area (Å²) in [6.45, 7) is 0.371. The monoisotopic (exact) mass is 317 g/mol. The first-order valence-corrected chi connectivity index (χ1v) is 7.81. The minimum Gasteiger partial charge on any atom is -0.348 e. The number of halogens is 1. The van der Waals surface area contributed by atoms with Crippen LogP contribution in [0.4, 0.5) is 4.39 Å². The molecule has 1 aromatic carbocycles. The van der Waals surface area contributed by atoms with Crippen LogP contribution in [-0.2, 0) is 6.54 Å². The second kappa shape index (κ2) is 6.87. The molecule has 6 nitrogen and oxygen atoms in total. The smallest absolute Gasteiger partial charge is 0.273 e. The Bertz CT molecular complexity index is 679. The summed E-state index contributed by atoms with van der Waals surface area (Å²) in [5.74, 6) is -0.521. The van der Waals surface area contributed by atoms with Crippen molar-refractivity contribution >= 4 is 5.91 Å². The SMILES string of the molecule is NC1CCC(NC(=O)c2cn(Cc3cccc(F)c3)nn2)CC1. The number of nitrogens with zero attached hydrogens (tertiary/aromatic N) is 3. The Balaban J connectivity index is 1.59. The summed E-state index contributed by atoms with van der Waals surface area (Å²) >= 11 is 0. The van der Waals surface area contributed by atoms with Gasteiger partial charge in [0.2, 0.25) is 0 Å². The number of aromatic nitrogens is 3. The molecular formula is C16H20FN5O. The van der Waals surface area contributed by atoms with E-state index in [9.17, 15) is 9.18 Å². The molecule has 3 rings (SSSR count). The Hall–Kier alpha value is -2.28. The molecule has 0 bridgehead atoms. The van der Waals surface area contributed by atoms with E-state index in [-0.39, 0.29) is 29.5 Å². The number of nitrogens with one attached hydrogen (secondary N) is 1. The highest BCUT2D eigenvalue weighted by molar-refractivity contribution is 5.92. The summed E-state index contributed by atoms with van der Waals surface area (Å²) in [6, 6.07) is 6.66. The molecule has 1 saturated carbocycles. The molecule has 23 heavy (non-hydrogen) atoms. The average molecular weight is 317 g/mol. The van der Waals surface area contributed by atoms with Gasteiger partial charge in [0.25, 0.3) is 5.91 Å². The standard InChI is InChI=1S/C16H20FN5O/c17-12-3-1-2-11(8-12)9-22-10-15(20-21-22)16(23)19-14-6-4-13(18)5-7-14/h1-3,8,10,13-14H,4-7,9,18H2,(H,19,23). The van der Waals surface area contributed by atoms with Crippen molar-refractivity contribution in [3.05, 3.63) is 47.5 Å². The predicted molar refractivity (Wildman–Crippen MR) is 83.2 cm³/mol. The van der Waals surface area contributed by atoms with Gasteiger partial charge in [-0.2, -0.15) is 0 Å². The fourth-order valence-corrected chi connectivity index (χ4v) is 2.82. The first-order valence-electron chi connectivity index (χ1n) is 7.81. The Morgan fingerprint density at radius 2 is 2.13 bits per heavy atom. The van der Waals surface area contributed by atoms with Crippen LogP contribution in [0, 0.1) is 5.82 Å². The molecule has 1 fully saturated rings. The molecule has 0 spiro atoms. The molecule has 1 aromatic heterocycles. The number of amides is 1. The fraction of sp³-hybridized carbons (Fsp3) is 0.438. The highest BCUT2D eigenvalue weighted by Crippen LogP contribution is 2.17. The first kappa shape index (κ1) is 15.6. The minimum absolute atomic E-state index is 0.149. The van der Waals surface area contributed by atoms with Gasteiger partial charge in [0, 0.05) is 12.1 Å². The molecule has 0 unspecified atom stereocenters. The Labute approximate surface area is 133 Å². The molecule has 0 aliphatic heterocycles. The van der Waals surface area contributed by atoms with Crippen LogP contribution < -0.4 is 11.1 Å². The van der Waals surface area contributed by atoms with E-state index in [2.05, 4.69) is 15.6 Å². The van der Waals surface area contributed by atoms with Crippen molar-refractivity contribution in [2.75, 3.05) is 0 Å². The summed E-state index contributed by atoms with van der Waals surface area (Å²) < 4.78 is 14.7. The first-order chi connectivity index (χ1) is 11.1.